The molecular weight excluding hydrogens is 437 g/mol. The van der Waals surface area contributed by atoms with E-state index in [1.54, 1.807) is 55.1 Å². The molecule has 8 heteroatoms. The first-order chi connectivity index (χ1) is 16.4. The second-order valence-electron chi connectivity index (χ2n) is 8.62. The summed E-state index contributed by atoms with van der Waals surface area (Å²) in [6, 6.07) is 10.2. The molecule has 2 aliphatic heterocycles. The first kappa shape index (κ1) is 21.9. The van der Waals surface area contributed by atoms with E-state index in [9.17, 15) is 19.1 Å². The van der Waals surface area contributed by atoms with E-state index in [0.29, 0.717) is 24.9 Å². The van der Waals surface area contributed by atoms with Crippen molar-refractivity contribution >= 4 is 17.4 Å². The van der Waals surface area contributed by atoms with Gasteiger partial charge in [0.25, 0.3) is 11.7 Å². The van der Waals surface area contributed by atoms with E-state index in [4.69, 9.17) is 4.74 Å². The maximum Gasteiger partial charge on any atom is 0.295 e. The summed E-state index contributed by atoms with van der Waals surface area (Å²) in [5.41, 5.74) is 1.37. The highest BCUT2D eigenvalue weighted by molar-refractivity contribution is 6.46. The molecular formula is C26H24FN3O4. The summed E-state index contributed by atoms with van der Waals surface area (Å²) in [7, 11) is 0. The Morgan fingerprint density at radius 3 is 2.79 bits per heavy atom. The van der Waals surface area contributed by atoms with Crippen molar-refractivity contribution < 1.29 is 23.8 Å². The highest BCUT2D eigenvalue weighted by Gasteiger charge is 2.46. The van der Waals surface area contributed by atoms with Crippen LogP contribution in [0.15, 0.2) is 66.8 Å². The van der Waals surface area contributed by atoms with Crippen LogP contribution < -0.4 is 4.74 Å². The summed E-state index contributed by atoms with van der Waals surface area (Å²) in [6.45, 7) is 2.75. The van der Waals surface area contributed by atoms with E-state index < -0.39 is 23.5 Å². The summed E-state index contributed by atoms with van der Waals surface area (Å²) >= 11 is 0. The lowest BCUT2D eigenvalue weighted by atomic mass is 9.94. The normalized spacial score (nSPS) is 21.1. The molecule has 0 saturated carbocycles. The molecule has 2 aromatic carbocycles. The Hall–Kier alpha value is -3.94. The van der Waals surface area contributed by atoms with Gasteiger partial charge in [0.15, 0.2) is 0 Å². The zero-order chi connectivity index (χ0) is 23.8. The van der Waals surface area contributed by atoms with Crippen LogP contribution in [-0.4, -0.2) is 43.9 Å². The summed E-state index contributed by atoms with van der Waals surface area (Å²) in [4.78, 5) is 31.5. The van der Waals surface area contributed by atoms with Crippen molar-refractivity contribution in [1.82, 2.24) is 14.5 Å². The SMILES string of the molecule is C[C@@H]1Cc2cc(/C(O)=C3\C(=O)C(=O)N(CCCn4ccnc4)[C@H]3c3ccccc3F)ccc2O1. The number of aryl methyl sites for hydroxylation is 1. The van der Waals surface area contributed by atoms with Gasteiger partial charge in [-0.15, -0.1) is 0 Å². The maximum absolute atomic E-state index is 14.9. The molecule has 2 atom stereocenters. The van der Waals surface area contributed by atoms with Gasteiger partial charge in [0, 0.05) is 43.0 Å². The minimum atomic E-state index is -1.02. The lowest BCUT2D eigenvalue weighted by Gasteiger charge is -2.25. The predicted octanol–water partition coefficient (Wildman–Crippen LogP) is 3.86. The van der Waals surface area contributed by atoms with Crippen LogP contribution in [0.3, 0.4) is 0 Å². The number of rotatable bonds is 6. The van der Waals surface area contributed by atoms with Crippen molar-refractivity contribution in [2.45, 2.75) is 38.5 Å². The fourth-order valence-electron chi connectivity index (χ4n) is 4.70. The minimum absolute atomic E-state index is 0.0203. The van der Waals surface area contributed by atoms with Crippen LogP contribution in [0.1, 0.15) is 36.1 Å². The van der Waals surface area contributed by atoms with E-state index >= 15 is 0 Å². The van der Waals surface area contributed by atoms with Crippen molar-refractivity contribution in [3.8, 4) is 5.75 Å². The third-order valence-electron chi connectivity index (χ3n) is 6.28. The van der Waals surface area contributed by atoms with Gasteiger partial charge in [0.05, 0.1) is 17.9 Å². The number of ether oxygens (including phenoxy) is 1. The Morgan fingerprint density at radius 2 is 2.03 bits per heavy atom. The van der Waals surface area contributed by atoms with Crippen molar-refractivity contribution in [2.75, 3.05) is 6.54 Å². The average Bonchev–Trinajstić information content (AvgIpc) is 3.53. The van der Waals surface area contributed by atoms with Gasteiger partial charge in [-0.3, -0.25) is 9.59 Å². The number of aliphatic hydroxyl groups excluding tert-OH is 1. The van der Waals surface area contributed by atoms with Crippen LogP contribution >= 0.6 is 0 Å². The Balaban J connectivity index is 1.54. The number of aliphatic hydroxyl groups is 1. The number of hydrogen-bond donors (Lipinski definition) is 1. The Bertz CT molecular complexity index is 1280. The summed E-state index contributed by atoms with van der Waals surface area (Å²) in [5, 5.41) is 11.2. The molecule has 0 unspecified atom stereocenters. The summed E-state index contributed by atoms with van der Waals surface area (Å²) in [6.07, 6.45) is 6.36. The maximum atomic E-state index is 14.9. The molecule has 5 rings (SSSR count). The third kappa shape index (κ3) is 3.85. The fourth-order valence-corrected chi connectivity index (χ4v) is 4.70. The lowest BCUT2D eigenvalue weighted by molar-refractivity contribution is -0.140. The van der Waals surface area contributed by atoms with Crippen LogP contribution in [0, 0.1) is 5.82 Å². The van der Waals surface area contributed by atoms with Crippen LogP contribution in [0.25, 0.3) is 5.76 Å². The van der Waals surface area contributed by atoms with Gasteiger partial charge in [-0.1, -0.05) is 18.2 Å². The number of benzene rings is 2. The quantitative estimate of drug-likeness (QED) is 0.342. The number of carbonyl (C=O) groups is 2. The highest BCUT2D eigenvalue weighted by atomic mass is 19.1. The van der Waals surface area contributed by atoms with Gasteiger partial charge in [0.2, 0.25) is 0 Å². The molecule has 1 N–H and O–H groups in total. The predicted molar refractivity (Wildman–Crippen MR) is 122 cm³/mol. The molecule has 2 aliphatic rings. The molecule has 34 heavy (non-hydrogen) atoms. The van der Waals surface area contributed by atoms with Crippen LogP contribution in [0.2, 0.25) is 0 Å². The Morgan fingerprint density at radius 1 is 1.21 bits per heavy atom. The molecule has 1 saturated heterocycles. The molecule has 1 aromatic heterocycles. The van der Waals surface area contributed by atoms with E-state index in [0.717, 1.165) is 11.3 Å². The number of amides is 1. The monoisotopic (exact) mass is 461 g/mol. The number of nitrogens with zero attached hydrogens (tertiary/aromatic N) is 3. The van der Waals surface area contributed by atoms with Crippen molar-refractivity contribution in [1.29, 1.82) is 0 Å². The average molecular weight is 461 g/mol. The summed E-state index contributed by atoms with van der Waals surface area (Å²) < 4.78 is 22.5. The molecule has 1 fully saturated rings. The molecule has 0 aliphatic carbocycles. The number of aromatic nitrogens is 2. The molecule has 1 amide bonds. The number of halogens is 1. The third-order valence-corrected chi connectivity index (χ3v) is 6.28. The lowest BCUT2D eigenvalue weighted by Crippen LogP contribution is -2.31. The zero-order valence-electron chi connectivity index (χ0n) is 18.6. The molecule has 3 aromatic rings. The molecule has 7 nitrogen and oxygen atoms in total. The van der Waals surface area contributed by atoms with Gasteiger partial charge in [0.1, 0.15) is 23.4 Å². The second-order valence-corrected chi connectivity index (χ2v) is 8.62. The molecule has 3 heterocycles. The first-order valence-electron chi connectivity index (χ1n) is 11.2. The van der Waals surface area contributed by atoms with Crippen LogP contribution in [0.4, 0.5) is 4.39 Å². The van der Waals surface area contributed by atoms with Gasteiger partial charge in [-0.2, -0.15) is 0 Å². The van der Waals surface area contributed by atoms with Crippen molar-refractivity contribution in [3.05, 3.63) is 89.3 Å². The second kappa shape index (κ2) is 8.78. The van der Waals surface area contributed by atoms with Crippen LogP contribution in [0.5, 0.6) is 5.75 Å². The Labute approximate surface area is 196 Å². The fraction of sp³-hybridized carbons (Fsp3) is 0.269. The number of Topliss-reactive ketones (excluding diaryl/α,β-unsaturated/α-hetero) is 1. The first-order valence-corrected chi connectivity index (χ1v) is 11.2. The van der Waals surface area contributed by atoms with Gasteiger partial charge >= 0.3 is 0 Å². The zero-order valence-corrected chi connectivity index (χ0v) is 18.6. The minimum Gasteiger partial charge on any atom is -0.507 e. The van der Waals surface area contributed by atoms with Crippen molar-refractivity contribution in [2.24, 2.45) is 0 Å². The highest BCUT2D eigenvalue weighted by Crippen LogP contribution is 2.41. The summed E-state index contributed by atoms with van der Waals surface area (Å²) in [5.74, 6) is -1.70. The standard InChI is InChI=1S/C26H24FN3O4/c1-16-13-18-14-17(7-8-21(18)34-16)24(31)22-23(19-5-2-3-6-20(19)27)30(26(33)25(22)32)11-4-10-29-12-9-28-15-29/h2-3,5-9,12,14-16,23,31H,4,10-11,13H2,1H3/b24-22+/t16-,23+/m1/s1. The van der Waals surface area contributed by atoms with E-state index in [-0.39, 0.29) is 29.5 Å². The largest absolute Gasteiger partial charge is 0.507 e. The van der Waals surface area contributed by atoms with Gasteiger partial charge in [-0.25, -0.2) is 9.37 Å². The molecule has 0 spiro atoms. The molecule has 174 valence electrons. The number of fused-ring (bicyclic) bond motifs is 1. The smallest absolute Gasteiger partial charge is 0.295 e. The van der Waals surface area contributed by atoms with Gasteiger partial charge < -0.3 is 19.3 Å². The number of carbonyl (C=O) groups excluding carboxylic acids is 2. The van der Waals surface area contributed by atoms with E-state index in [2.05, 4.69) is 4.98 Å². The molecule has 0 bridgehead atoms. The number of likely N-dealkylation sites (tertiary alicyclic amines) is 1. The number of hydrogen-bond acceptors (Lipinski definition) is 5. The van der Waals surface area contributed by atoms with Gasteiger partial charge in [-0.05, 0) is 43.2 Å². The molecule has 0 radical (unpaired) electrons. The Kier molecular flexibility index (Phi) is 5.65. The number of ketones is 1. The van der Waals surface area contributed by atoms with Crippen molar-refractivity contribution in [3.63, 3.8) is 0 Å². The van der Waals surface area contributed by atoms with E-state index in [1.165, 1.54) is 11.0 Å². The number of imidazole rings is 1. The van der Waals surface area contributed by atoms with Crippen LogP contribution in [-0.2, 0) is 22.6 Å². The topological polar surface area (TPSA) is 84.7 Å². The van der Waals surface area contributed by atoms with E-state index in [1.807, 2.05) is 11.5 Å².